The molecule has 1 atom stereocenters. The fourth-order valence-electron chi connectivity index (χ4n) is 3.86. The summed E-state index contributed by atoms with van der Waals surface area (Å²) in [4.78, 5) is 39.3. The Kier molecular flexibility index (Phi) is 6.26. The summed E-state index contributed by atoms with van der Waals surface area (Å²) in [5, 5.41) is 2.74. The van der Waals surface area contributed by atoms with Crippen LogP contribution >= 0.6 is 0 Å². The van der Waals surface area contributed by atoms with Gasteiger partial charge in [-0.1, -0.05) is 60.7 Å². The van der Waals surface area contributed by atoms with E-state index in [-0.39, 0.29) is 30.1 Å². The number of nitrogen functional groups attached to an aromatic ring is 1. The molecule has 0 aliphatic carbocycles. The van der Waals surface area contributed by atoms with Crippen LogP contribution in [0.4, 0.5) is 16.2 Å². The van der Waals surface area contributed by atoms with E-state index in [2.05, 4.69) is 5.32 Å². The summed E-state index contributed by atoms with van der Waals surface area (Å²) in [6.07, 6.45) is -0.273. The highest BCUT2D eigenvalue weighted by atomic mass is 16.6. The van der Waals surface area contributed by atoms with E-state index in [9.17, 15) is 14.4 Å². The summed E-state index contributed by atoms with van der Waals surface area (Å²) in [6.45, 7) is 0.332. The summed E-state index contributed by atoms with van der Waals surface area (Å²) >= 11 is 0. The zero-order valence-electron chi connectivity index (χ0n) is 17.9. The first-order valence-electron chi connectivity index (χ1n) is 10.5. The molecule has 3 aromatic rings. The van der Waals surface area contributed by atoms with Gasteiger partial charge in [0.15, 0.2) is 0 Å². The van der Waals surface area contributed by atoms with Crippen LogP contribution in [0.3, 0.4) is 0 Å². The van der Waals surface area contributed by atoms with Crippen LogP contribution in [0.15, 0.2) is 72.8 Å². The van der Waals surface area contributed by atoms with Crippen molar-refractivity contribution >= 4 is 29.3 Å². The van der Waals surface area contributed by atoms with Crippen molar-refractivity contribution in [2.75, 3.05) is 11.1 Å². The Balaban J connectivity index is 1.57. The van der Waals surface area contributed by atoms with Crippen molar-refractivity contribution in [3.63, 3.8) is 0 Å². The minimum atomic E-state index is -0.820. The third-order valence-corrected chi connectivity index (χ3v) is 5.62. The number of fused-ring (bicyclic) bond motifs is 1. The quantitative estimate of drug-likeness (QED) is 0.521. The standard InChI is InChI=1S/C25H24N4O4/c26-22-19(23(27)30)11-6-12-20(22)28-24(31)21-13-17-9-4-5-10-18(17)14-29(21)25(32)33-15-16-7-2-1-3-8-16/h1-12,21H,13-15,26H2,(H2,27,30)(H,28,31)/t21-/m1/s1. The first-order chi connectivity index (χ1) is 15.9. The van der Waals surface area contributed by atoms with Gasteiger partial charge in [-0.25, -0.2) is 4.79 Å². The van der Waals surface area contributed by atoms with Crippen molar-refractivity contribution in [2.24, 2.45) is 5.73 Å². The minimum Gasteiger partial charge on any atom is -0.445 e. The number of amides is 3. The molecule has 168 valence electrons. The average Bonchev–Trinajstić information content (AvgIpc) is 2.83. The maximum atomic E-state index is 13.3. The number of anilines is 2. The Hall–Kier alpha value is -4.33. The van der Waals surface area contributed by atoms with Crippen molar-refractivity contribution in [1.29, 1.82) is 0 Å². The monoisotopic (exact) mass is 444 g/mol. The Labute approximate surface area is 191 Å². The topological polar surface area (TPSA) is 128 Å². The smallest absolute Gasteiger partial charge is 0.411 e. The lowest BCUT2D eigenvalue weighted by Crippen LogP contribution is -2.50. The highest BCUT2D eigenvalue weighted by Crippen LogP contribution is 2.27. The number of nitrogens with one attached hydrogen (secondary N) is 1. The molecular formula is C25H24N4O4. The van der Waals surface area contributed by atoms with Crippen molar-refractivity contribution in [3.8, 4) is 0 Å². The van der Waals surface area contributed by atoms with Crippen molar-refractivity contribution in [1.82, 2.24) is 4.90 Å². The Morgan fingerprint density at radius 1 is 0.939 bits per heavy atom. The lowest BCUT2D eigenvalue weighted by atomic mass is 9.93. The van der Waals surface area contributed by atoms with E-state index in [4.69, 9.17) is 16.2 Å². The molecule has 0 aromatic heterocycles. The molecule has 1 heterocycles. The number of carbonyl (C=O) groups is 3. The number of hydrogen-bond donors (Lipinski definition) is 3. The number of carbonyl (C=O) groups excluding carboxylic acids is 3. The first-order valence-corrected chi connectivity index (χ1v) is 10.5. The van der Waals surface area contributed by atoms with Crippen molar-refractivity contribution in [2.45, 2.75) is 25.6 Å². The van der Waals surface area contributed by atoms with Gasteiger partial charge in [-0.15, -0.1) is 0 Å². The summed E-state index contributed by atoms with van der Waals surface area (Å²) in [6, 6.07) is 20.8. The fourth-order valence-corrected chi connectivity index (χ4v) is 3.86. The largest absolute Gasteiger partial charge is 0.445 e. The molecule has 1 aliphatic heterocycles. The van der Waals surface area contributed by atoms with E-state index in [0.29, 0.717) is 6.42 Å². The third-order valence-electron chi connectivity index (χ3n) is 5.62. The summed E-state index contributed by atoms with van der Waals surface area (Å²) < 4.78 is 5.51. The predicted octanol–water partition coefficient (Wildman–Crippen LogP) is 3.07. The molecule has 1 aliphatic rings. The zero-order chi connectivity index (χ0) is 23.4. The average molecular weight is 444 g/mol. The second kappa shape index (κ2) is 9.44. The summed E-state index contributed by atoms with van der Waals surface area (Å²) in [5.74, 6) is -1.13. The number of ether oxygens (including phenoxy) is 1. The first kappa shape index (κ1) is 21.9. The summed E-state index contributed by atoms with van der Waals surface area (Å²) in [5.41, 5.74) is 14.6. The van der Waals surface area contributed by atoms with Crippen molar-refractivity contribution in [3.05, 3.63) is 95.1 Å². The van der Waals surface area contributed by atoms with Gasteiger partial charge in [0.2, 0.25) is 5.91 Å². The van der Waals surface area contributed by atoms with E-state index in [1.165, 1.54) is 11.0 Å². The van der Waals surface area contributed by atoms with Crippen LogP contribution in [-0.2, 0) is 29.1 Å². The lowest BCUT2D eigenvalue weighted by Gasteiger charge is -2.35. The second-order valence-corrected chi connectivity index (χ2v) is 7.78. The number of primary amides is 1. The second-order valence-electron chi connectivity index (χ2n) is 7.78. The van der Waals surface area contributed by atoms with Gasteiger partial charge in [0.05, 0.1) is 23.5 Å². The molecule has 0 spiro atoms. The fraction of sp³-hybridized carbons (Fsp3) is 0.160. The SMILES string of the molecule is NC(=O)c1cccc(NC(=O)[C@H]2Cc3ccccc3CN2C(=O)OCc2ccccc2)c1N. The van der Waals surface area contributed by atoms with Gasteiger partial charge >= 0.3 is 6.09 Å². The number of nitrogens with two attached hydrogens (primary N) is 2. The molecule has 3 aromatic carbocycles. The van der Waals surface area contributed by atoms with Crippen LogP contribution in [0, 0.1) is 0 Å². The zero-order valence-corrected chi connectivity index (χ0v) is 17.9. The number of hydrogen-bond acceptors (Lipinski definition) is 5. The van der Waals surface area contributed by atoms with Crippen LogP contribution in [-0.4, -0.2) is 28.8 Å². The van der Waals surface area contributed by atoms with Gasteiger partial charge in [-0.2, -0.15) is 0 Å². The molecule has 8 heteroatoms. The van der Waals surface area contributed by atoms with Gasteiger partial charge in [0.25, 0.3) is 5.91 Å². The molecular weight excluding hydrogens is 420 g/mol. The van der Waals surface area contributed by atoms with Crippen LogP contribution in [0.2, 0.25) is 0 Å². The molecule has 0 unspecified atom stereocenters. The third kappa shape index (κ3) is 4.79. The minimum absolute atomic E-state index is 0.0766. The molecule has 8 nitrogen and oxygen atoms in total. The normalized spacial score (nSPS) is 14.8. The number of rotatable bonds is 5. The van der Waals surface area contributed by atoms with E-state index in [1.54, 1.807) is 12.1 Å². The highest BCUT2D eigenvalue weighted by Gasteiger charge is 2.36. The Morgan fingerprint density at radius 3 is 2.36 bits per heavy atom. The number of nitrogens with zero attached hydrogens (tertiary/aromatic N) is 1. The molecule has 0 saturated heterocycles. The van der Waals surface area contributed by atoms with E-state index in [1.807, 2.05) is 54.6 Å². The molecule has 0 radical (unpaired) electrons. The van der Waals surface area contributed by atoms with E-state index < -0.39 is 23.9 Å². The maximum Gasteiger partial charge on any atom is 0.411 e. The van der Waals surface area contributed by atoms with Crippen LogP contribution in [0.25, 0.3) is 0 Å². The molecule has 33 heavy (non-hydrogen) atoms. The molecule has 3 amide bonds. The highest BCUT2D eigenvalue weighted by molar-refractivity contribution is 6.05. The summed E-state index contributed by atoms with van der Waals surface area (Å²) in [7, 11) is 0. The Bertz CT molecular complexity index is 1200. The molecule has 0 bridgehead atoms. The van der Waals surface area contributed by atoms with Crippen LogP contribution in [0.1, 0.15) is 27.0 Å². The maximum absolute atomic E-state index is 13.3. The molecule has 0 saturated carbocycles. The lowest BCUT2D eigenvalue weighted by molar-refractivity contribution is -0.121. The Morgan fingerprint density at radius 2 is 1.64 bits per heavy atom. The van der Waals surface area contributed by atoms with Crippen LogP contribution in [0.5, 0.6) is 0 Å². The van der Waals surface area contributed by atoms with Gasteiger partial charge in [0.1, 0.15) is 12.6 Å². The van der Waals surface area contributed by atoms with Gasteiger partial charge in [-0.3, -0.25) is 14.5 Å². The van der Waals surface area contributed by atoms with E-state index >= 15 is 0 Å². The molecule has 5 N–H and O–H groups in total. The van der Waals surface area contributed by atoms with Crippen LogP contribution < -0.4 is 16.8 Å². The van der Waals surface area contributed by atoms with Gasteiger partial charge in [0, 0.05) is 6.42 Å². The van der Waals surface area contributed by atoms with E-state index in [0.717, 1.165) is 16.7 Å². The van der Waals surface area contributed by atoms with Gasteiger partial charge in [-0.05, 0) is 28.8 Å². The molecule has 4 rings (SSSR count). The number of para-hydroxylation sites is 1. The predicted molar refractivity (Wildman–Crippen MR) is 124 cm³/mol. The molecule has 0 fully saturated rings. The van der Waals surface area contributed by atoms with Crippen molar-refractivity contribution < 1.29 is 19.1 Å². The number of benzene rings is 3. The van der Waals surface area contributed by atoms with Gasteiger partial charge < -0.3 is 21.5 Å².